The quantitative estimate of drug-likeness (QED) is 0.258. The van der Waals surface area contributed by atoms with Crippen molar-refractivity contribution in [3.8, 4) is 0 Å². The van der Waals surface area contributed by atoms with Gasteiger partial charge in [0.25, 0.3) is 11.6 Å². The monoisotopic (exact) mass is 473 g/mol. The molecule has 0 aliphatic carbocycles. The summed E-state index contributed by atoms with van der Waals surface area (Å²) in [5.74, 6) is -6.49. The molecule has 0 spiro atoms. The summed E-state index contributed by atoms with van der Waals surface area (Å²) in [4.78, 5) is 39.4. The maximum Gasteiger partial charge on any atom is 0.293 e. The normalized spacial score (nSPS) is 11.4. The molecule has 3 rings (SSSR count). The van der Waals surface area contributed by atoms with E-state index in [0.717, 1.165) is 12.1 Å². The average Bonchev–Trinajstić information content (AvgIpc) is 2.83. The Morgan fingerprint density at radius 1 is 1.06 bits per heavy atom. The molecule has 9 nitrogen and oxygen atoms in total. The third kappa shape index (κ3) is 5.65. The number of pyridine rings is 1. The molecule has 0 saturated carbocycles. The Bertz CT molecular complexity index is 1240. The van der Waals surface area contributed by atoms with Gasteiger partial charge in [0.05, 0.1) is 28.9 Å². The number of rotatable bonds is 8. The molecule has 2 amide bonds. The second kappa shape index (κ2) is 10.4. The minimum absolute atomic E-state index is 0.102. The summed E-state index contributed by atoms with van der Waals surface area (Å²) in [6, 6.07) is 10.1. The van der Waals surface area contributed by atoms with Gasteiger partial charge in [0.15, 0.2) is 17.5 Å². The number of hydrogen-bond acceptors (Lipinski definition) is 6. The van der Waals surface area contributed by atoms with Crippen LogP contribution < -0.4 is 16.0 Å². The van der Waals surface area contributed by atoms with E-state index >= 15 is 0 Å². The second-order valence-electron chi connectivity index (χ2n) is 7.06. The smallest absolute Gasteiger partial charge is 0.293 e. The largest absolute Gasteiger partial charge is 0.371 e. The molecule has 0 fully saturated rings. The SMILES string of the molecule is CC(Nc1ccc(C(=O)NCC(=O)Nc2ccc(F)c(F)c2F)cc1[N+](=O)[O-])c1ccccn1. The van der Waals surface area contributed by atoms with Gasteiger partial charge in [-0.25, -0.2) is 13.2 Å². The lowest BCUT2D eigenvalue weighted by Crippen LogP contribution is -2.33. The van der Waals surface area contributed by atoms with Crippen molar-refractivity contribution in [1.82, 2.24) is 10.3 Å². The van der Waals surface area contributed by atoms with E-state index in [0.29, 0.717) is 11.8 Å². The number of nitro benzene ring substituents is 1. The maximum absolute atomic E-state index is 13.7. The number of carbonyl (C=O) groups is 2. The molecule has 12 heteroatoms. The highest BCUT2D eigenvalue weighted by atomic mass is 19.2. The zero-order valence-electron chi connectivity index (χ0n) is 17.6. The van der Waals surface area contributed by atoms with Crippen LogP contribution in [0, 0.1) is 27.6 Å². The molecule has 176 valence electrons. The number of nitrogens with zero attached hydrogens (tertiary/aromatic N) is 2. The van der Waals surface area contributed by atoms with E-state index in [1.165, 1.54) is 12.1 Å². The van der Waals surface area contributed by atoms with Crippen LogP contribution in [0.3, 0.4) is 0 Å². The van der Waals surface area contributed by atoms with Gasteiger partial charge in [-0.05, 0) is 43.3 Å². The Morgan fingerprint density at radius 2 is 1.79 bits per heavy atom. The van der Waals surface area contributed by atoms with Crippen molar-refractivity contribution in [2.45, 2.75) is 13.0 Å². The van der Waals surface area contributed by atoms with Gasteiger partial charge >= 0.3 is 0 Å². The van der Waals surface area contributed by atoms with E-state index < -0.39 is 46.4 Å². The van der Waals surface area contributed by atoms with Crippen LogP contribution >= 0.6 is 0 Å². The lowest BCUT2D eigenvalue weighted by atomic mass is 10.1. The summed E-state index contributed by atoms with van der Waals surface area (Å²) in [5.41, 5.74) is -0.266. The third-order valence-electron chi connectivity index (χ3n) is 4.68. The molecule has 3 aromatic rings. The summed E-state index contributed by atoms with van der Waals surface area (Å²) in [6.45, 7) is 1.11. The van der Waals surface area contributed by atoms with Gasteiger partial charge in [0.2, 0.25) is 5.91 Å². The minimum atomic E-state index is -1.75. The topological polar surface area (TPSA) is 126 Å². The predicted octanol–water partition coefficient (Wildman–Crippen LogP) is 3.95. The number of nitro groups is 1. The van der Waals surface area contributed by atoms with Crippen LogP contribution in [-0.2, 0) is 4.79 Å². The first-order valence-corrected chi connectivity index (χ1v) is 9.84. The molecule has 34 heavy (non-hydrogen) atoms. The van der Waals surface area contributed by atoms with Crippen molar-refractivity contribution in [2.75, 3.05) is 17.2 Å². The zero-order valence-corrected chi connectivity index (χ0v) is 17.6. The van der Waals surface area contributed by atoms with Gasteiger partial charge in [-0.2, -0.15) is 0 Å². The molecule has 1 unspecified atom stereocenters. The lowest BCUT2D eigenvalue weighted by Gasteiger charge is -2.15. The number of halogens is 3. The number of benzene rings is 2. The van der Waals surface area contributed by atoms with Crippen molar-refractivity contribution >= 4 is 28.9 Å². The molecule has 0 aliphatic heterocycles. The average molecular weight is 473 g/mol. The molecule has 2 aromatic carbocycles. The van der Waals surface area contributed by atoms with Gasteiger partial charge in [-0.15, -0.1) is 0 Å². The number of hydrogen-bond donors (Lipinski definition) is 3. The van der Waals surface area contributed by atoms with Crippen LogP contribution in [-0.4, -0.2) is 28.3 Å². The molecular formula is C22H18F3N5O4. The third-order valence-corrected chi connectivity index (χ3v) is 4.68. The fourth-order valence-electron chi connectivity index (χ4n) is 2.96. The maximum atomic E-state index is 13.7. The van der Waals surface area contributed by atoms with Gasteiger partial charge < -0.3 is 16.0 Å². The van der Waals surface area contributed by atoms with Gasteiger partial charge in [0.1, 0.15) is 5.69 Å². The number of anilines is 2. The van der Waals surface area contributed by atoms with Gasteiger partial charge in [0, 0.05) is 17.8 Å². The van der Waals surface area contributed by atoms with E-state index in [1.54, 1.807) is 31.3 Å². The number of amides is 2. The first-order chi connectivity index (χ1) is 16.2. The van der Waals surface area contributed by atoms with Crippen LogP contribution in [0.25, 0.3) is 0 Å². The van der Waals surface area contributed by atoms with Gasteiger partial charge in [-0.1, -0.05) is 6.07 Å². The molecule has 0 bridgehead atoms. The van der Waals surface area contributed by atoms with E-state index in [2.05, 4.69) is 15.6 Å². The summed E-state index contributed by atoms with van der Waals surface area (Å²) in [5, 5.41) is 18.7. The molecular weight excluding hydrogens is 455 g/mol. The van der Waals surface area contributed by atoms with E-state index in [1.807, 2.05) is 5.32 Å². The Balaban J connectivity index is 1.66. The summed E-state index contributed by atoms with van der Waals surface area (Å²) in [6.07, 6.45) is 1.59. The van der Waals surface area contributed by atoms with Crippen LogP contribution in [0.2, 0.25) is 0 Å². The Morgan fingerprint density at radius 3 is 2.47 bits per heavy atom. The van der Waals surface area contributed by atoms with Crippen LogP contribution in [0.1, 0.15) is 29.0 Å². The van der Waals surface area contributed by atoms with Gasteiger partial charge in [-0.3, -0.25) is 24.7 Å². The number of carbonyl (C=O) groups excluding carboxylic acids is 2. The van der Waals surface area contributed by atoms with E-state index in [4.69, 9.17) is 0 Å². The first-order valence-electron chi connectivity index (χ1n) is 9.84. The highest BCUT2D eigenvalue weighted by Crippen LogP contribution is 2.29. The van der Waals surface area contributed by atoms with E-state index in [-0.39, 0.29) is 23.0 Å². The fraction of sp³-hybridized carbons (Fsp3) is 0.136. The Kier molecular flexibility index (Phi) is 7.41. The summed E-state index contributed by atoms with van der Waals surface area (Å²) >= 11 is 0. The molecule has 0 radical (unpaired) electrons. The zero-order chi connectivity index (χ0) is 24.8. The highest BCUT2D eigenvalue weighted by Gasteiger charge is 2.20. The molecule has 3 N–H and O–H groups in total. The summed E-state index contributed by atoms with van der Waals surface area (Å²) < 4.78 is 39.9. The Hall–Kier alpha value is -4.48. The van der Waals surface area contributed by atoms with E-state index in [9.17, 15) is 32.9 Å². The first kappa shape index (κ1) is 24.2. The number of nitrogens with one attached hydrogen (secondary N) is 3. The molecule has 0 saturated heterocycles. The molecule has 0 aliphatic rings. The lowest BCUT2D eigenvalue weighted by molar-refractivity contribution is -0.384. The fourth-order valence-corrected chi connectivity index (χ4v) is 2.96. The van der Waals surface area contributed by atoms with Crippen LogP contribution in [0.4, 0.5) is 30.2 Å². The van der Waals surface area contributed by atoms with Crippen LogP contribution in [0.15, 0.2) is 54.7 Å². The predicted molar refractivity (Wildman–Crippen MR) is 117 cm³/mol. The molecule has 1 atom stereocenters. The molecule has 1 heterocycles. The highest BCUT2D eigenvalue weighted by molar-refractivity contribution is 6.00. The number of aromatic nitrogens is 1. The summed E-state index contributed by atoms with van der Waals surface area (Å²) in [7, 11) is 0. The van der Waals surface area contributed by atoms with Crippen molar-refractivity contribution < 1.29 is 27.7 Å². The van der Waals surface area contributed by atoms with Crippen LogP contribution in [0.5, 0.6) is 0 Å². The van der Waals surface area contributed by atoms with Crippen molar-refractivity contribution in [3.05, 3.63) is 93.6 Å². The van der Waals surface area contributed by atoms with Crippen molar-refractivity contribution in [1.29, 1.82) is 0 Å². The standard InChI is InChI=1S/C22H18F3N5O4/c1-12(15-4-2-3-9-26-15)28-16-7-5-13(10-18(16)30(33)34)22(32)27-11-19(31)29-17-8-6-14(23)20(24)21(17)25/h2-10,12,28H,11H2,1H3,(H,27,32)(H,29,31). The molecule has 1 aromatic heterocycles. The second-order valence-corrected chi connectivity index (χ2v) is 7.06. The van der Waals surface area contributed by atoms with Crippen molar-refractivity contribution in [2.24, 2.45) is 0 Å². The Labute approximate surface area is 191 Å². The minimum Gasteiger partial charge on any atom is -0.371 e. The van der Waals surface area contributed by atoms with Crippen molar-refractivity contribution in [3.63, 3.8) is 0 Å².